The van der Waals surface area contributed by atoms with E-state index in [9.17, 15) is 4.79 Å². The average molecular weight is 312 g/mol. The third-order valence-corrected chi connectivity index (χ3v) is 6.48. The van der Waals surface area contributed by atoms with E-state index in [-0.39, 0.29) is 17.7 Å². The second-order valence-electron chi connectivity index (χ2n) is 7.10. The van der Waals surface area contributed by atoms with Crippen molar-refractivity contribution in [3.8, 4) is 0 Å². The highest BCUT2D eigenvalue weighted by Gasteiger charge is 2.42. The summed E-state index contributed by atoms with van der Waals surface area (Å²) in [6.45, 7) is 3.85. The highest BCUT2D eigenvalue weighted by Crippen LogP contribution is 2.48. The van der Waals surface area contributed by atoms with E-state index in [4.69, 9.17) is 4.74 Å². The number of carbonyl (C=O) groups excluding carboxylic acids is 1. The molecule has 2 heterocycles. The SMILES string of the molecule is CCCC1(CNC(=O)NC2CCOC3(CCSC3)C2)CC1. The summed E-state index contributed by atoms with van der Waals surface area (Å²) in [5, 5.41) is 6.27. The van der Waals surface area contributed by atoms with Crippen LogP contribution in [0.25, 0.3) is 0 Å². The summed E-state index contributed by atoms with van der Waals surface area (Å²) in [6, 6.07) is 0.295. The molecule has 3 aliphatic rings. The van der Waals surface area contributed by atoms with Gasteiger partial charge in [0, 0.05) is 24.9 Å². The summed E-state index contributed by atoms with van der Waals surface area (Å²) in [5.74, 6) is 2.28. The zero-order valence-electron chi connectivity index (χ0n) is 13.1. The second kappa shape index (κ2) is 6.37. The molecule has 0 aromatic heterocycles. The van der Waals surface area contributed by atoms with Gasteiger partial charge in [0.05, 0.1) is 5.60 Å². The van der Waals surface area contributed by atoms with E-state index in [0.29, 0.717) is 5.41 Å². The zero-order valence-corrected chi connectivity index (χ0v) is 13.9. The number of urea groups is 1. The summed E-state index contributed by atoms with van der Waals surface area (Å²) in [5.41, 5.74) is 0.464. The van der Waals surface area contributed by atoms with E-state index in [1.54, 1.807) is 0 Å². The van der Waals surface area contributed by atoms with E-state index in [2.05, 4.69) is 17.6 Å². The molecule has 1 aliphatic carbocycles. The van der Waals surface area contributed by atoms with Gasteiger partial charge in [-0.1, -0.05) is 13.3 Å². The Balaban J connectivity index is 1.42. The van der Waals surface area contributed by atoms with Crippen LogP contribution in [0.15, 0.2) is 0 Å². The first-order valence-electron chi connectivity index (χ1n) is 8.41. The molecule has 2 saturated heterocycles. The highest BCUT2D eigenvalue weighted by atomic mass is 32.2. The number of carbonyl (C=O) groups is 1. The molecular weight excluding hydrogens is 284 g/mol. The van der Waals surface area contributed by atoms with Crippen molar-refractivity contribution in [2.75, 3.05) is 24.7 Å². The summed E-state index contributed by atoms with van der Waals surface area (Å²) in [7, 11) is 0. The molecule has 2 amide bonds. The predicted octanol–water partition coefficient (Wildman–Crippen LogP) is 2.92. The van der Waals surface area contributed by atoms with Crippen LogP contribution in [-0.4, -0.2) is 42.3 Å². The molecule has 0 aromatic carbocycles. The van der Waals surface area contributed by atoms with Gasteiger partial charge >= 0.3 is 6.03 Å². The quantitative estimate of drug-likeness (QED) is 0.820. The zero-order chi connectivity index (χ0) is 14.8. The first-order chi connectivity index (χ1) is 10.2. The van der Waals surface area contributed by atoms with Crippen LogP contribution in [0.5, 0.6) is 0 Å². The van der Waals surface area contributed by atoms with Crippen molar-refractivity contribution in [1.82, 2.24) is 10.6 Å². The van der Waals surface area contributed by atoms with Crippen molar-refractivity contribution in [3.63, 3.8) is 0 Å². The Kier molecular flexibility index (Phi) is 4.69. The van der Waals surface area contributed by atoms with Gasteiger partial charge in [-0.2, -0.15) is 11.8 Å². The van der Waals surface area contributed by atoms with Crippen LogP contribution in [0.2, 0.25) is 0 Å². The third-order valence-electron chi connectivity index (χ3n) is 5.26. The molecule has 4 nitrogen and oxygen atoms in total. The van der Waals surface area contributed by atoms with Gasteiger partial charge in [0.2, 0.25) is 0 Å². The van der Waals surface area contributed by atoms with E-state index < -0.39 is 0 Å². The standard InChI is InChI=1S/C16H28N2O2S/c1-2-4-15(5-6-15)11-17-14(19)18-13-3-8-20-16(10-13)7-9-21-12-16/h13H,2-12H2,1H3,(H2,17,18,19). The summed E-state index contributed by atoms with van der Waals surface area (Å²) in [6.07, 6.45) is 8.07. The molecule has 2 unspecified atom stereocenters. The lowest BCUT2D eigenvalue weighted by Crippen LogP contribution is -2.51. The number of ether oxygens (including phenoxy) is 1. The molecule has 0 bridgehead atoms. The van der Waals surface area contributed by atoms with Crippen LogP contribution < -0.4 is 10.6 Å². The van der Waals surface area contributed by atoms with E-state index in [1.165, 1.54) is 31.4 Å². The van der Waals surface area contributed by atoms with Gasteiger partial charge < -0.3 is 15.4 Å². The van der Waals surface area contributed by atoms with Gasteiger partial charge in [0.15, 0.2) is 0 Å². The lowest BCUT2D eigenvalue weighted by Gasteiger charge is -2.38. The minimum Gasteiger partial charge on any atom is -0.374 e. The topological polar surface area (TPSA) is 50.4 Å². The van der Waals surface area contributed by atoms with Crippen molar-refractivity contribution in [2.45, 2.75) is 63.5 Å². The van der Waals surface area contributed by atoms with Crippen molar-refractivity contribution in [1.29, 1.82) is 0 Å². The molecule has 3 fully saturated rings. The van der Waals surface area contributed by atoms with Gasteiger partial charge in [-0.25, -0.2) is 4.79 Å². The number of hydrogen-bond donors (Lipinski definition) is 2. The number of nitrogens with one attached hydrogen (secondary N) is 2. The van der Waals surface area contributed by atoms with Gasteiger partial charge in [-0.05, 0) is 49.7 Å². The fraction of sp³-hybridized carbons (Fsp3) is 0.938. The van der Waals surface area contributed by atoms with E-state index in [0.717, 1.165) is 38.2 Å². The van der Waals surface area contributed by atoms with Crippen LogP contribution in [0, 0.1) is 5.41 Å². The van der Waals surface area contributed by atoms with Gasteiger partial charge in [-0.3, -0.25) is 0 Å². The Morgan fingerprint density at radius 3 is 2.90 bits per heavy atom. The molecule has 120 valence electrons. The minimum atomic E-state index is 0.0186. The third kappa shape index (κ3) is 3.86. The summed E-state index contributed by atoms with van der Waals surface area (Å²) < 4.78 is 6.00. The second-order valence-corrected chi connectivity index (χ2v) is 8.21. The predicted molar refractivity (Wildman–Crippen MR) is 86.8 cm³/mol. The van der Waals surface area contributed by atoms with Gasteiger partial charge in [0.1, 0.15) is 0 Å². The lowest BCUT2D eigenvalue weighted by atomic mass is 9.90. The van der Waals surface area contributed by atoms with Crippen LogP contribution in [0.1, 0.15) is 51.9 Å². The fourth-order valence-electron chi connectivity index (χ4n) is 3.74. The average Bonchev–Trinajstić information content (AvgIpc) is 3.10. The molecule has 1 saturated carbocycles. The number of amides is 2. The van der Waals surface area contributed by atoms with Crippen molar-refractivity contribution >= 4 is 17.8 Å². The molecule has 0 radical (unpaired) electrons. The first-order valence-corrected chi connectivity index (χ1v) is 9.57. The Labute approximate surface area is 132 Å². The normalized spacial score (nSPS) is 33.9. The Bertz CT molecular complexity index is 378. The van der Waals surface area contributed by atoms with E-state index in [1.807, 2.05) is 11.8 Å². The number of rotatable bonds is 5. The van der Waals surface area contributed by atoms with Crippen LogP contribution in [-0.2, 0) is 4.74 Å². The van der Waals surface area contributed by atoms with Crippen molar-refractivity contribution in [3.05, 3.63) is 0 Å². The number of hydrogen-bond acceptors (Lipinski definition) is 3. The molecular formula is C16H28N2O2S. The van der Waals surface area contributed by atoms with Gasteiger partial charge in [-0.15, -0.1) is 0 Å². The summed E-state index contributed by atoms with van der Waals surface area (Å²) in [4.78, 5) is 12.1. The maximum Gasteiger partial charge on any atom is 0.315 e. The minimum absolute atomic E-state index is 0.0186. The van der Waals surface area contributed by atoms with E-state index >= 15 is 0 Å². The summed E-state index contributed by atoms with van der Waals surface area (Å²) >= 11 is 1.97. The van der Waals surface area contributed by atoms with Crippen LogP contribution in [0.3, 0.4) is 0 Å². The van der Waals surface area contributed by atoms with Crippen LogP contribution in [0.4, 0.5) is 4.79 Å². The highest BCUT2D eigenvalue weighted by molar-refractivity contribution is 7.99. The maximum absolute atomic E-state index is 12.1. The molecule has 5 heteroatoms. The first kappa shape index (κ1) is 15.5. The molecule has 1 spiro atoms. The fourth-order valence-corrected chi connectivity index (χ4v) is 5.12. The Morgan fingerprint density at radius 2 is 2.24 bits per heavy atom. The molecule has 2 atom stereocenters. The van der Waals surface area contributed by atoms with Gasteiger partial charge in [0.25, 0.3) is 0 Å². The smallest absolute Gasteiger partial charge is 0.315 e. The molecule has 2 N–H and O–H groups in total. The molecule has 3 rings (SSSR count). The number of thioether (sulfide) groups is 1. The maximum atomic E-state index is 12.1. The Morgan fingerprint density at radius 1 is 1.38 bits per heavy atom. The molecule has 2 aliphatic heterocycles. The molecule has 0 aromatic rings. The Hall–Kier alpha value is -0.420. The molecule has 21 heavy (non-hydrogen) atoms. The van der Waals surface area contributed by atoms with Crippen LogP contribution >= 0.6 is 11.8 Å². The van der Waals surface area contributed by atoms with Crippen molar-refractivity contribution in [2.24, 2.45) is 5.41 Å². The monoisotopic (exact) mass is 312 g/mol. The largest absolute Gasteiger partial charge is 0.374 e. The van der Waals surface area contributed by atoms with Crippen molar-refractivity contribution < 1.29 is 9.53 Å². The lowest BCUT2D eigenvalue weighted by molar-refractivity contribution is -0.0684.